The van der Waals surface area contributed by atoms with Crippen molar-refractivity contribution >= 4 is 16.5 Å². The van der Waals surface area contributed by atoms with Crippen LogP contribution in [0.25, 0.3) is 0 Å². The fourth-order valence-corrected chi connectivity index (χ4v) is 2.86. The molecule has 4 nitrogen and oxygen atoms in total. The molecule has 2 rings (SSSR count). The third kappa shape index (κ3) is 3.42. The Morgan fingerprint density at radius 1 is 1.50 bits per heavy atom. The summed E-state index contributed by atoms with van der Waals surface area (Å²) in [7, 11) is 0. The highest BCUT2D eigenvalue weighted by Crippen LogP contribution is 2.18. The summed E-state index contributed by atoms with van der Waals surface area (Å²) in [5.41, 5.74) is 0. The molecule has 1 fully saturated rings. The predicted octanol–water partition coefficient (Wildman–Crippen LogP) is 1.90. The molecule has 1 aromatic rings. The zero-order chi connectivity index (χ0) is 11.4. The van der Waals surface area contributed by atoms with Crippen molar-refractivity contribution in [3.8, 4) is 0 Å². The molecule has 5 heteroatoms. The standard InChI is InChI=1S/C11H20N4S/c1-8(2)6-10-14-15-11(16-10)13-7-9-4-3-5-12-9/h8-9,12H,3-7H2,1-2H3,(H,13,15). The highest BCUT2D eigenvalue weighted by molar-refractivity contribution is 7.15. The van der Waals surface area contributed by atoms with Crippen molar-refractivity contribution in [3.05, 3.63) is 5.01 Å². The van der Waals surface area contributed by atoms with Crippen LogP contribution in [0.3, 0.4) is 0 Å². The topological polar surface area (TPSA) is 49.8 Å². The second-order valence-corrected chi connectivity index (χ2v) is 5.84. The molecular formula is C11H20N4S. The molecule has 1 aromatic heterocycles. The molecule has 0 radical (unpaired) electrons. The lowest BCUT2D eigenvalue weighted by Crippen LogP contribution is -2.29. The van der Waals surface area contributed by atoms with Crippen LogP contribution in [-0.2, 0) is 6.42 Å². The summed E-state index contributed by atoms with van der Waals surface area (Å²) in [4.78, 5) is 0. The van der Waals surface area contributed by atoms with Crippen LogP contribution in [0.4, 0.5) is 5.13 Å². The lowest BCUT2D eigenvalue weighted by molar-refractivity contribution is 0.632. The Morgan fingerprint density at radius 2 is 2.38 bits per heavy atom. The Labute approximate surface area is 101 Å². The molecule has 1 unspecified atom stereocenters. The second kappa shape index (κ2) is 5.59. The molecule has 16 heavy (non-hydrogen) atoms. The Bertz CT molecular complexity index is 318. The predicted molar refractivity (Wildman–Crippen MR) is 68.0 cm³/mol. The molecule has 90 valence electrons. The molecule has 1 aliphatic rings. The molecular weight excluding hydrogens is 220 g/mol. The van der Waals surface area contributed by atoms with E-state index >= 15 is 0 Å². The summed E-state index contributed by atoms with van der Waals surface area (Å²) in [6.07, 6.45) is 3.59. The van der Waals surface area contributed by atoms with Gasteiger partial charge in [0.1, 0.15) is 5.01 Å². The Hall–Kier alpha value is -0.680. The van der Waals surface area contributed by atoms with Gasteiger partial charge in [0, 0.05) is 19.0 Å². The van der Waals surface area contributed by atoms with E-state index in [0.29, 0.717) is 12.0 Å². The minimum atomic E-state index is 0.609. The van der Waals surface area contributed by atoms with E-state index in [1.807, 2.05) is 0 Å². The number of nitrogens with zero attached hydrogens (tertiary/aromatic N) is 2. The van der Waals surface area contributed by atoms with Crippen LogP contribution in [0.1, 0.15) is 31.7 Å². The van der Waals surface area contributed by atoms with Gasteiger partial charge in [0.05, 0.1) is 0 Å². The molecule has 2 heterocycles. The summed E-state index contributed by atoms with van der Waals surface area (Å²) in [5, 5.41) is 17.3. The average Bonchev–Trinajstić information content (AvgIpc) is 2.84. The van der Waals surface area contributed by atoms with E-state index in [9.17, 15) is 0 Å². The van der Waals surface area contributed by atoms with Gasteiger partial charge >= 0.3 is 0 Å². The van der Waals surface area contributed by atoms with Crippen LogP contribution >= 0.6 is 11.3 Å². The smallest absolute Gasteiger partial charge is 0.205 e. The van der Waals surface area contributed by atoms with Gasteiger partial charge in [0.2, 0.25) is 5.13 Å². The minimum Gasteiger partial charge on any atom is -0.359 e. The Kier molecular flexibility index (Phi) is 4.12. The monoisotopic (exact) mass is 240 g/mol. The van der Waals surface area contributed by atoms with Crippen molar-refractivity contribution in [1.82, 2.24) is 15.5 Å². The Morgan fingerprint density at radius 3 is 3.06 bits per heavy atom. The van der Waals surface area contributed by atoms with Crippen LogP contribution in [-0.4, -0.2) is 29.3 Å². The van der Waals surface area contributed by atoms with Crippen molar-refractivity contribution in [1.29, 1.82) is 0 Å². The molecule has 0 spiro atoms. The second-order valence-electron chi connectivity index (χ2n) is 4.77. The van der Waals surface area contributed by atoms with Crippen molar-refractivity contribution in [3.63, 3.8) is 0 Å². The van der Waals surface area contributed by atoms with Crippen molar-refractivity contribution in [2.45, 2.75) is 39.2 Å². The largest absolute Gasteiger partial charge is 0.359 e. The molecule has 0 saturated carbocycles. The first-order valence-electron chi connectivity index (χ1n) is 6.03. The quantitative estimate of drug-likeness (QED) is 0.825. The fourth-order valence-electron chi connectivity index (χ4n) is 1.90. The molecule has 0 bridgehead atoms. The minimum absolute atomic E-state index is 0.609. The van der Waals surface area contributed by atoms with Gasteiger partial charge in [0.25, 0.3) is 0 Å². The zero-order valence-corrected chi connectivity index (χ0v) is 10.8. The van der Waals surface area contributed by atoms with Gasteiger partial charge in [-0.2, -0.15) is 0 Å². The number of hydrogen-bond acceptors (Lipinski definition) is 5. The summed E-state index contributed by atoms with van der Waals surface area (Å²) >= 11 is 1.68. The van der Waals surface area contributed by atoms with E-state index < -0.39 is 0 Å². The van der Waals surface area contributed by atoms with Crippen molar-refractivity contribution < 1.29 is 0 Å². The van der Waals surface area contributed by atoms with Crippen molar-refractivity contribution in [2.75, 3.05) is 18.4 Å². The first kappa shape index (κ1) is 11.8. The van der Waals surface area contributed by atoms with Gasteiger partial charge in [-0.15, -0.1) is 10.2 Å². The maximum absolute atomic E-state index is 4.19. The van der Waals surface area contributed by atoms with Crippen molar-refractivity contribution in [2.24, 2.45) is 5.92 Å². The molecule has 1 saturated heterocycles. The van der Waals surface area contributed by atoms with E-state index in [1.165, 1.54) is 12.8 Å². The SMILES string of the molecule is CC(C)Cc1nnc(NCC2CCCN2)s1. The number of nitrogens with one attached hydrogen (secondary N) is 2. The van der Waals surface area contributed by atoms with Crippen LogP contribution in [0.2, 0.25) is 0 Å². The first-order valence-corrected chi connectivity index (χ1v) is 6.85. The lowest BCUT2D eigenvalue weighted by atomic mass is 10.1. The van der Waals surface area contributed by atoms with Crippen LogP contribution in [0.15, 0.2) is 0 Å². The number of anilines is 1. The van der Waals surface area contributed by atoms with Crippen LogP contribution in [0.5, 0.6) is 0 Å². The highest BCUT2D eigenvalue weighted by Gasteiger charge is 2.14. The lowest BCUT2D eigenvalue weighted by Gasteiger charge is -2.09. The van der Waals surface area contributed by atoms with Crippen LogP contribution in [0, 0.1) is 5.92 Å². The summed E-state index contributed by atoms with van der Waals surface area (Å²) in [6.45, 7) is 6.53. The molecule has 2 N–H and O–H groups in total. The molecule has 1 atom stereocenters. The first-order chi connectivity index (χ1) is 7.74. The summed E-state index contributed by atoms with van der Waals surface area (Å²) in [6, 6.07) is 0.609. The van der Waals surface area contributed by atoms with Gasteiger partial charge in [-0.1, -0.05) is 25.2 Å². The average molecular weight is 240 g/mol. The van der Waals surface area contributed by atoms with E-state index in [1.54, 1.807) is 11.3 Å². The van der Waals surface area contributed by atoms with Crippen LogP contribution < -0.4 is 10.6 Å². The maximum Gasteiger partial charge on any atom is 0.205 e. The number of aromatic nitrogens is 2. The number of hydrogen-bond donors (Lipinski definition) is 2. The molecule has 1 aliphatic heterocycles. The maximum atomic E-state index is 4.19. The third-order valence-corrected chi connectivity index (χ3v) is 3.62. The molecule has 0 aliphatic carbocycles. The van der Waals surface area contributed by atoms with E-state index in [0.717, 1.165) is 29.6 Å². The van der Waals surface area contributed by atoms with Gasteiger partial charge in [-0.3, -0.25) is 0 Å². The highest BCUT2D eigenvalue weighted by atomic mass is 32.1. The number of rotatable bonds is 5. The molecule has 0 aromatic carbocycles. The third-order valence-electron chi connectivity index (χ3n) is 2.71. The van der Waals surface area contributed by atoms with E-state index in [2.05, 4.69) is 34.7 Å². The Balaban J connectivity index is 1.78. The fraction of sp³-hybridized carbons (Fsp3) is 0.818. The van der Waals surface area contributed by atoms with Gasteiger partial charge in [-0.25, -0.2) is 0 Å². The van der Waals surface area contributed by atoms with Gasteiger partial charge < -0.3 is 10.6 Å². The summed E-state index contributed by atoms with van der Waals surface area (Å²) < 4.78 is 0. The zero-order valence-electron chi connectivity index (χ0n) is 9.99. The van der Waals surface area contributed by atoms with E-state index in [-0.39, 0.29) is 0 Å². The summed E-state index contributed by atoms with van der Waals surface area (Å²) in [5.74, 6) is 0.650. The van der Waals surface area contributed by atoms with Gasteiger partial charge in [0.15, 0.2) is 0 Å². The van der Waals surface area contributed by atoms with E-state index in [4.69, 9.17) is 0 Å². The normalized spacial score (nSPS) is 20.6. The molecule has 0 amide bonds. The van der Waals surface area contributed by atoms with Gasteiger partial charge in [-0.05, 0) is 25.3 Å².